The Kier molecular flexibility index (Phi) is 7.14. The minimum Gasteiger partial charge on any atom is -0.462 e. The molecule has 1 aliphatic rings. The molecule has 23 heavy (non-hydrogen) atoms. The fourth-order valence-corrected chi connectivity index (χ4v) is 3.05. The SMILES string of the molecule is C/C(N)=C/C(=O)OCCCCN1CCC(c2ccccc2)CC1. The maximum atomic E-state index is 11.3. The molecule has 4 nitrogen and oxygen atoms in total. The van der Waals surface area contributed by atoms with Gasteiger partial charge in [-0.3, -0.25) is 0 Å². The van der Waals surface area contributed by atoms with Gasteiger partial charge in [0.05, 0.1) is 6.61 Å². The molecule has 4 heteroatoms. The average molecular weight is 316 g/mol. The Morgan fingerprint density at radius 1 is 1.26 bits per heavy atom. The molecule has 0 atom stereocenters. The quantitative estimate of drug-likeness (QED) is 0.477. The van der Waals surface area contributed by atoms with Crippen molar-refractivity contribution in [1.29, 1.82) is 0 Å². The molecule has 0 bridgehead atoms. The highest BCUT2D eigenvalue weighted by atomic mass is 16.5. The largest absolute Gasteiger partial charge is 0.462 e. The van der Waals surface area contributed by atoms with Crippen LogP contribution in [0.25, 0.3) is 0 Å². The first-order valence-electron chi connectivity index (χ1n) is 8.53. The third-order valence-corrected chi connectivity index (χ3v) is 4.32. The first kappa shape index (κ1) is 17.5. The maximum absolute atomic E-state index is 11.3. The number of benzene rings is 1. The van der Waals surface area contributed by atoms with Crippen LogP contribution in [0, 0.1) is 0 Å². The summed E-state index contributed by atoms with van der Waals surface area (Å²) >= 11 is 0. The summed E-state index contributed by atoms with van der Waals surface area (Å²) in [6.07, 6.45) is 5.77. The van der Waals surface area contributed by atoms with Gasteiger partial charge >= 0.3 is 5.97 Å². The van der Waals surface area contributed by atoms with Gasteiger partial charge in [0.2, 0.25) is 0 Å². The van der Waals surface area contributed by atoms with Crippen LogP contribution >= 0.6 is 0 Å². The topological polar surface area (TPSA) is 55.6 Å². The van der Waals surface area contributed by atoms with E-state index in [0.29, 0.717) is 18.2 Å². The Bertz CT molecular complexity index is 501. The molecule has 2 rings (SSSR count). The summed E-state index contributed by atoms with van der Waals surface area (Å²) in [7, 11) is 0. The fraction of sp³-hybridized carbons (Fsp3) is 0.526. The second kappa shape index (κ2) is 9.36. The first-order chi connectivity index (χ1) is 11.1. The number of likely N-dealkylation sites (tertiary alicyclic amines) is 1. The third kappa shape index (κ3) is 6.45. The van der Waals surface area contributed by atoms with Gasteiger partial charge < -0.3 is 15.4 Å². The number of carbonyl (C=O) groups excluding carboxylic acids is 1. The molecule has 0 aliphatic carbocycles. The lowest BCUT2D eigenvalue weighted by Crippen LogP contribution is -2.33. The van der Waals surface area contributed by atoms with E-state index in [2.05, 4.69) is 35.2 Å². The molecule has 0 spiro atoms. The smallest absolute Gasteiger partial charge is 0.332 e. The number of nitrogens with two attached hydrogens (primary N) is 1. The van der Waals surface area contributed by atoms with Gasteiger partial charge in [-0.15, -0.1) is 0 Å². The van der Waals surface area contributed by atoms with Crippen LogP contribution in [0.1, 0.15) is 44.1 Å². The van der Waals surface area contributed by atoms with E-state index in [4.69, 9.17) is 10.5 Å². The number of hydrogen-bond acceptors (Lipinski definition) is 4. The van der Waals surface area contributed by atoms with Crippen LogP contribution in [0.4, 0.5) is 0 Å². The highest BCUT2D eigenvalue weighted by Gasteiger charge is 2.19. The second-order valence-electron chi connectivity index (χ2n) is 6.29. The lowest BCUT2D eigenvalue weighted by molar-refractivity contribution is -0.137. The molecule has 1 fully saturated rings. The highest BCUT2D eigenvalue weighted by Crippen LogP contribution is 2.27. The van der Waals surface area contributed by atoms with Gasteiger partial charge in [0.15, 0.2) is 0 Å². The normalized spacial score (nSPS) is 17.2. The van der Waals surface area contributed by atoms with Gasteiger partial charge in [0.1, 0.15) is 0 Å². The van der Waals surface area contributed by atoms with Crippen LogP contribution < -0.4 is 5.73 Å². The van der Waals surface area contributed by atoms with Crippen LogP contribution in [0.3, 0.4) is 0 Å². The van der Waals surface area contributed by atoms with Crippen LogP contribution in [0.2, 0.25) is 0 Å². The van der Waals surface area contributed by atoms with Crippen molar-refractivity contribution in [2.45, 2.75) is 38.5 Å². The zero-order valence-electron chi connectivity index (χ0n) is 14.0. The molecular weight excluding hydrogens is 288 g/mol. The summed E-state index contributed by atoms with van der Waals surface area (Å²) in [6.45, 7) is 5.57. The molecule has 0 saturated carbocycles. The summed E-state index contributed by atoms with van der Waals surface area (Å²) in [4.78, 5) is 13.8. The van der Waals surface area contributed by atoms with Crippen molar-refractivity contribution >= 4 is 5.97 Å². The maximum Gasteiger partial charge on any atom is 0.332 e. The highest BCUT2D eigenvalue weighted by molar-refractivity contribution is 5.82. The summed E-state index contributed by atoms with van der Waals surface area (Å²) < 4.78 is 5.10. The predicted molar refractivity (Wildman–Crippen MR) is 93.0 cm³/mol. The zero-order valence-corrected chi connectivity index (χ0v) is 14.0. The van der Waals surface area contributed by atoms with Crippen LogP contribution in [0.15, 0.2) is 42.1 Å². The van der Waals surface area contributed by atoms with Crippen LogP contribution in [0.5, 0.6) is 0 Å². The Morgan fingerprint density at radius 3 is 2.61 bits per heavy atom. The molecule has 0 unspecified atom stereocenters. The van der Waals surface area contributed by atoms with E-state index in [9.17, 15) is 4.79 Å². The number of nitrogens with zero attached hydrogens (tertiary/aromatic N) is 1. The third-order valence-electron chi connectivity index (χ3n) is 4.32. The van der Waals surface area contributed by atoms with E-state index in [1.54, 1.807) is 6.92 Å². The van der Waals surface area contributed by atoms with E-state index >= 15 is 0 Å². The van der Waals surface area contributed by atoms with Crippen molar-refractivity contribution in [3.8, 4) is 0 Å². The summed E-state index contributed by atoms with van der Waals surface area (Å²) in [5.74, 6) is 0.369. The number of unbranched alkanes of at least 4 members (excludes halogenated alkanes) is 1. The van der Waals surface area contributed by atoms with E-state index < -0.39 is 0 Å². The number of hydrogen-bond donors (Lipinski definition) is 1. The number of esters is 1. The molecule has 1 heterocycles. The van der Waals surface area contributed by atoms with E-state index in [-0.39, 0.29) is 5.97 Å². The molecule has 0 amide bonds. The number of ether oxygens (including phenoxy) is 1. The number of rotatable bonds is 7. The van der Waals surface area contributed by atoms with Gasteiger partial charge in [0, 0.05) is 11.8 Å². The van der Waals surface area contributed by atoms with Gasteiger partial charge in [-0.25, -0.2) is 4.79 Å². The Labute approximate surface area is 139 Å². The molecule has 1 aliphatic heterocycles. The first-order valence-corrected chi connectivity index (χ1v) is 8.53. The van der Waals surface area contributed by atoms with E-state index in [1.165, 1.54) is 24.5 Å². The van der Waals surface area contributed by atoms with Gasteiger partial charge in [-0.05, 0) is 63.7 Å². The minimum absolute atomic E-state index is 0.339. The van der Waals surface area contributed by atoms with E-state index in [0.717, 1.165) is 32.5 Å². The molecule has 126 valence electrons. The summed E-state index contributed by atoms with van der Waals surface area (Å²) in [6, 6.07) is 10.8. The Morgan fingerprint density at radius 2 is 1.96 bits per heavy atom. The van der Waals surface area contributed by atoms with Gasteiger partial charge in [-0.1, -0.05) is 30.3 Å². The molecule has 1 aromatic rings. The summed E-state index contributed by atoms with van der Waals surface area (Å²) in [5.41, 5.74) is 7.39. The molecule has 2 N–H and O–H groups in total. The van der Waals surface area contributed by atoms with Gasteiger partial charge in [-0.2, -0.15) is 0 Å². The van der Waals surface area contributed by atoms with Crippen molar-refractivity contribution in [2.24, 2.45) is 5.73 Å². The predicted octanol–water partition coefficient (Wildman–Crippen LogP) is 3.05. The zero-order chi connectivity index (χ0) is 16.5. The summed E-state index contributed by atoms with van der Waals surface area (Å²) in [5, 5.41) is 0. The average Bonchev–Trinajstić information content (AvgIpc) is 2.55. The lowest BCUT2D eigenvalue weighted by atomic mass is 9.89. The molecule has 0 radical (unpaired) electrons. The van der Waals surface area contributed by atoms with Crippen molar-refractivity contribution < 1.29 is 9.53 Å². The Hall–Kier alpha value is -1.81. The molecule has 0 aromatic heterocycles. The van der Waals surface area contributed by atoms with Crippen LogP contribution in [-0.4, -0.2) is 37.1 Å². The fourth-order valence-electron chi connectivity index (χ4n) is 3.05. The van der Waals surface area contributed by atoms with E-state index in [1.807, 2.05) is 0 Å². The number of carbonyl (C=O) groups is 1. The van der Waals surface area contributed by atoms with Crippen molar-refractivity contribution in [1.82, 2.24) is 4.90 Å². The monoisotopic (exact) mass is 316 g/mol. The van der Waals surface area contributed by atoms with Gasteiger partial charge in [0.25, 0.3) is 0 Å². The second-order valence-corrected chi connectivity index (χ2v) is 6.29. The molecule has 1 aromatic carbocycles. The molecular formula is C19H28N2O2. The van der Waals surface area contributed by atoms with Crippen molar-refractivity contribution in [3.63, 3.8) is 0 Å². The van der Waals surface area contributed by atoms with Crippen molar-refractivity contribution in [3.05, 3.63) is 47.7 Å². The number of piperidine rings is 1. The van der Waals surface area contributed by atoms with Crippen molar-refractivity contribution in [2.75, 3.05) is 26.2 Å². The lowest BCUT2D eigenvalue weighted by Gasteiger charge is -2.32. The number of allylic oxidation sites excluding steroid dienone is 1. The minimum atomic E-state index is -0.339. The Balaban J connectivity index is 1.57. The molecule has 1 saturated heterocycles. The standard InChI is InChI=1S/C19H28N2O2/c1-16(20)15-19(22)23-14-6-5-11-21-12-9-18(10-13-21)17-7-3-2-4-8-17/h2-4,7-8,15,18H,5-6,9-14,20H2,1H3/b16-15-. The van der Waals surface area contributed by atoms with Crippen LogP contribution in [-0.2, 0) is 9.53 Å².